The molecule has 0 aromatic rings. The van der Waals surface area contributed by atoms with Gasteiger partial charge >= 0.3 is 45.2 Å². The van der Waals surface area contributed by atoms with Gasteiger partial charge in [-0.3, -0.25) is 0 Å². The number of alkyl halides is 6. The quantitative estimate of drug-likeness (QED) is 0.242. The molecule has 0 fully saturated rings. The maximum atomic E-state index is 10.7. The van der Waals surface area contributed by atoms with Crippen LogP contribution in [0.2, 0.25) is 0 Å². The predicted molar refractivity (Wildman–Crippen MR) is 31.5 cm³/mol. The van der Waals surface area contributed by atoms with E-state index in [0.717, 1.165) is 0 Å². The Morgan fingerprint density at radius 3 is 0.667 bits per heavy atom. The van der Waals surface area contributed by atoms with Crippen LogP contribution in [-0.4, -0.2) is 37.0 Å². The second kappa shape index (κ2) is 7.89. The molecule has 0 aliphatic carbocycles. The van der Waals surface area contributed by atoms with Crippen LogP contribution in [0.15, 0.2) is 0 Å². The van der Waals surface area contributed by atoms with Gasteiger partial charge in [-0.15, -0.1) is 0 Å². The second-order valence-corrected chi connectivity index (χ2v) is 4.54. The molecule has 0 radical (unpaired) electrons. The topological polar surface area (TPSA) is 114 Å². The summed E-state index contributed by atoms with van der Waals surface area (Å²) >= 11 is 0. The summed E-state index contributed by atoms with van der Waals surface area (Å²) in [4.78, 5) is 0. The van der Waals surface area contributed by atoms with Gasteiger partial charge in [0, 0.05) is 0 Å². The second-order valence-electron chi connectivity index (χ2n) is 1.80. The van der Waals surface area contributed by atoms with E-state index >= 15 is 0 Å². The molecule has 0 aliphatic rings. The standard InChI is InChI=1S/2CHF3O3S.2Fe/c2*2-1(3,4)8(5,6)7;;/h2*(H,5,6,7);;/q;;2*+2/p-2. The van der Waals surface area contributed by atoms with Crippen molar-refractivity contribution < 1.29 is 86.4 Å². The van der Waals surface area contributed by atoms with Crippen LogP contribution in [0, 0.1) is 0 Å². The monoisotopic (exact) mass is 410 g/mol. The molecule has 0 atom stereocenters. The van der Waals surface area contributed by atoms with Gasteiger partial charge in [0.25, 0.3) is 0 Å². The Balaban J connectivity index is -0.0000000980. The first-order valence-corrected chi connectivity index (χ1v) is 5.36. The fourth-order valence-corrected chi connectivity index (χ4v) is 0. The summed E-state index contributed by atoms with van der Waals surface area (Å²) < 4.78 is 118. The Morgan fingerprint density at radius 2 is 0.667 bits per heavy atom. The van der Waals surface area contributed by atoms with Crippen LogP contribution in [0.5, 0.6) is 0 Å². The molecule has 0 heterocycles. The van der Waals surface area contributed by atoms with Crippen molar-refractivity contribution in [2.75, 3.05) is 0 Å². The van der Waals surface area contributed by atoms with Gasteiger partial charge in [-0.05, 0) is 0 Å². The number of halogens is 6. The van der Waals surface area contributed by atoms with E-state index < -0.39 is 31.3 Å². The molecule has 0 bridgehead atoms. The van der Waals surface area contributed by atoms with Gasteiger partial charge in [0.2, 0.25) is 0 Å². The third-order valence-corrected chi connectivity index (χ3v) is 1.70. The van der Waals surface area contributed by atoms with Gasteiger partial charge in [-0.2, -0.15) is 26.3 Å². The Morgan fingerprint density at radius 1 is 0.611 bits per heavy atom. The zero-order chi connectivity index (χ0) is 14.0. The molecule has 0 saturated carbocycles. The molecule has 0 aliphatic heterocycles. The largest absolute Gasteiger partial charge is 2.00 e. The van der Waals surface area contributed by atoms with Crippen LogP contribution in [-0.2, 0) is 54.4 Å². The minimum Gasteiger partial charge on any atom is -0.741 e. The van der Waals surface area contributed by atoms with Crippen molar-refractivity contribution in [2.45, 2.75) is 11.0 Å². The Hall–Kier alpha value is 0.439. The zero-order valence-electron chi connectivity index (χ0n) is 7.24. The Bertz CT molecular complexity index is 378. The van der Waals surface area contributed by atoms with Crippen molar-refractivity contribution in [1.29, 1.82) is 0 Å². The van der Waals surface area contributed by atoms with E-state index in [1.54, 1.807) is 0 Å². The van der Waals surface area contributed by atoms with E-state index in [1.165, 1.54) is 0 Å². The molecule has 18 heavy (non-hydrogen) atoms. The van der Waals surface area contributed by atoms with Gasteiger partial charge in [-0.25, -0.2) is 16.8 Å². The summed E-state index contributed by atoms with van der Waals surface area (Å²) in [7, 11) is -12.2. The first-order chi connectivity index (χ1) is 6.50. The van der Waals surface area contributed by atoms with Crippen LogP contribution < -0.4 is 0 Å². The molecule has 112 valence electrons. The summed E-state index contributed by atoms with van der Waals surface area (Å²) in [5.74, 6) is 0. The molecule has 0 rings (SSSR count). The normalized spacial score (nSPS) is 12.4. The number of rotatable bonds is 0. The smallest absolute Gasteiger partial charge is 0.741 e. The summed E-state index contributed by atoms with van der Waals surface area (Å²) in [6.45, 7) is 0. The van der Waals surface area contributed by atoms with Crippen molar-refractivity contribution in [3.8, 4) is 0 Å². The molecule has 0 unspecified atom stereocenters. The van der Waals surface area contributed by atoms with Gasteiger partial charge in [-0.1, -0.05) is 0 Å². The summed E-state index contributed by atoms with van der Waals surface area (Å²) in [6.07, 6.45) is 0. The van der Waals surface area contributed by atoms with Gasteiger partial charge in [0.1, 0.15) is 0 Å². The molecule has 0 aromatic heterocycles. The molecule has 0 spiro atoms. The van der Waals surface area contributed by atoms with E-state index in [4.69, 9.17) is 25.9 Å². The van der Waals surface area contributed by atoms with Crippen LogP contribution in [0.4, 0.5) is 26.3 Å². The average Bonchev–Trinajstić information content (AvgIpc) is 1.77. The first-order valence-electron chi connectivity index (χ1n) is 2.54. The number of hydrogen-bond acceptors (Lipinski definition) is 6. The third-order valence-electron chi connectivity index (χ3n) is 0.567. The summed E-state index contributed by atoms with van der Waals surface area (Å²) in [5.41, 5.74) is -11.3. The van der Waals surface area contributed by atoms with E-state index in [0.29, 0.717) is 0 Å². The molecule has 0 saturated heterocycles. The van der Waals surface area contributed by atoms with E-state index in [9.17, 15) is 26.3 Å². The summed E-state index contributed by atoms with van der Waals surface area (Å²) in [5, 5.41) is 0. The minimum absolute atomic E-state index is 0. The SMILES string of the molecule is O=S(=O)([O-])C(F)(F)F.O=S(=O)([O-])C(F)(F)F.[Fe+2].[Fe+2]. The van der Waals surface area contributed by atoms with Gasteiger partial charge in [0.15, 0.2) is 20.2 Å². The van der Waals surface area contributed by atoms with E-state index in [2.05, 4.69) is 0 Å². The van der Waals surface area contributed by atoms with Gasteiger partial charge < -0.3 is 9.11 Å². The van der Waals surface area contributed by atoms with Crippen LogP contribution in [0.3, 0.4) is 0 Å². The molecule has 6 nitrogen and oxygen atoms in total. The maximum Gasteiger partial charge on any atom is 2.00 e. The first kappa shape index (κ1) is 26.9. The molecule has 16 heteroatoms. The minimum atomic E-state index is -6.09. The van der Waals surface area contributed by atoms with Gasteiger partial charge in [0.05, 0.1) is 0 Å². The Kier molecular flexibility index (Phi) is 11.8. The van der Waals surface area contributed by atoms with Crippen molar-refractivity contribution in [1.82, 2.24) is 0 Å². The maximum absolute atomic E-state index is 10.7. The van der Waals surface area contributed by atoms with E-state index in [-0.39, 0.29) is 34.1 Å². The van der Waals surface area contributed by atoms with Crippen molar-refractivity contribution >= 4 is 20.2 Å². The van der Waals surface area contributed by atoms with Crippen LogP contribution in [0.1, 0.15) is 0 Å². The van der Waals surface area contributed by atoms with E-state index in [1.807, 2.05) is 0 Å². The molecule has 0 aromatic carbocycles. The third kappa shape index (κ3) is 11.5. The predicted octanol–water partition coefficient (Wildman–Crippen LogP) is 0.0978. The van der Waals surface area contributed by atoms with Crippen LogP contribution >= 0.6 is 0 Å². The van der Waals surface area contributed by atoms with Crippen molar-refractivity contribution in [3.05, 3.63) is 0 Å². The average molecular weight is 410 g/mol. The Labute approximate surface area is 118 Å². The van der Waals surface area contributed by atoms with Crippen molar-refractivity contribution in [3.63, 3.8) is 0 Å². The van der Waals surface area contributed by atoms with Crippen molar-refractivity contribution in [2.24, 2.45) is 0 Å². The molecular formula is C2F6Fe2O6S2+2. The number of hydrogen-bond donors (Lipinski definition) is 0. The summed E-state index contributed by atoms with van der Waals surface area (Å²) in [6, 6.07) is 0. The zero-order valence-corrected chi connectivity index (χ0v) is 11.1. The van der Waals surface area contributed by atoms with Crippen LogP contribution in [0.25, 0.3) is 0 Å². The molecular weight excluding hydrogens is 410 g/mol. The fourth-order valence-electron chi connectivity index (χ4n) is 0. The fraction of sp³-hybridized carbons (Fsp3) is 1.00. The molecule has 0 N–H and O–H groups in total. The molecule has 0 amide bonds.